The Morgan fingerprint density at radius 2 is 1.90 bits per heavy atom. The fraction of sp³-hybridized carbons (Fsp3) is 0.417. The molecule has 1 aromatic heterocycles. The quantitative estimate of drug-likeness (QED) is 0.450. The van der Waals surface area contributed by atoms with Gasteiger partial charge in [-0.05, 0) is 93.7 Å². The second-order valence-corrected chi connectivity index (χ2v) is 8.01. The number of hydrogen-bond donors (Lipinski definition) is 1. The van der Waals surface area contributed by atoms with Gasteiger partial charge >= 0.3 is 5.76 Å². The van der Waals surface area contributed by atoms with Crippen LogP contribution in [0.4, 0.5) is 0 Å². The molecule has 0 amide bonds. The van der Waals surface area contributed by atoms with E-state index >= 15 is 0 Å². The van der Waals surface area contributed by atoms with Crippen molar-refractivity contribution in [2.45, 2.75) is 32.1 Å². The molecule has 0 spiro atoms. The van der Waals surface area contributed by atoms with Gasteiger partial charge in [-0.3, -0.25) is 9.78 Å². The van der Waals surface area contributed by atoms with Gasteiger partial charge < -0.3 is 14.1 Å². The number of H-pyrrole nitrogens is 1. The SMILES string of the molecule is COc1ccc(C(=O)C2CCN(CCCCc3ccc4[nH]c(=O)oc4c3)CC2)cc1. The third-order valence-electron chi connectivity index (χ3n) is 6.01. The van der Waals surface area contributed by atoms with Crippen molar-refractivity contribution in [1.82, 2.24) is 9.88 Å². The molecule has 0 saturated carbocycles. The number of Topliss-reactive ketones (excluding diaryl/α,β-unsaturated/α-hetero) is 1. The number of carbonyl (C=O) groups is 1. The molecule has 0 radical (unpaired) electrons. The number of hydrogen-bond acceptors (Lipinski definition) is 5. The smallest absolute Gasteiger partial charge is 0.417 e. The predicted octanol–water partition coefficient (Wildman–Crippen LogP) is 4.05. The fourth-order valence-electron chi connectivity index (χ4n) is 4.22. The van der Waals surface area contributed by atoms with Crippen LogP contribution in [0.2, 0.25) is 0 Å². The molecule has 3 aromatic rings. The van der Waals surface area contributed by atoms with E-state index in [4.69, 9.17) is 9.15 Å². The Morgan fingerprint density at radius 1 is 1.13 bits per heavy atom. The highest BCUT2D eigenvalue weighted by Crippen LogP contribution is 2.23. The highest BCUT2D eigenvalue weighted by atomic mass is 16.5. The summed E-state index contributed by atoms with van der Waals surface area (Å²) in [6, 6.07) is 13.3. The molecule has 2 heterocycles. The number of piperidine rings is 1. The van der Waals surface area contributed by atoms with E-state index in [-0.39, 0.29) is 11.7 Å². The number of fused-ring (bicyclic) bond motifs is 1. The van der Waals surface area contributed by atoms with Gasteiger partial charge in [-0.1, -0.05) is 6.07 Å². The minimum absolute atomic E-state index is 0.123. The lowest BCUT2D eigenvalue weighted by Crippen LogP contribution is -2.36. The van der Waals surface area contributed by atoms with E-state index in [1.54, 1.807) is 7.11 Å². The molecule has 0 atom stereocenters. The van der Waals surface area contributed by atoms with Gasteiger partial charge in [0, 0.05) is 11.5 Å². The summed E-state index contributed by atoms with van der Waals surface area (Å²) in [6.07, 6.45) is 5.02. The summed E-state index contributed by atoms with van der Waals surface area (Å²) in [5.74, 6) is 0.747. The van der Waals surface area contributed by atoms with Gasteiger partial charge in [0.25, 0.3) is 0 Å². The molecule has 1 saturated heterocycles. The van der Waals surface area contributed by atoms with Crippen molar-refractivity contribution in [1.29, 1.82) is 0 Å². The number of oxazole rings is 1. The third kappa shape index (κ3) is 4.82. The molecule has 158 valence electrons. The monoisotopic (exact) mass is 408 g/mol. The number of aryl methyl sites for hydroxylation is 1. The first-order chi connectivity index (χ1) is 14.6. The second-order valence-electron chi connectivity index (χ2n) is 8.01. The van der Waals surface area contributed by atoms with Gasteiger partial charge in [-0.2, -0.15) is 0 Å². The Morgan fingerprint density at radius 3 is 2.63 bits per heavy atom. The Kier molecular flexibility index (Phi) is 6.33. The van der Waals surface area contributed by atoms with E-state index in [9.17, 15) is 9.59 Å². The number of nitrogens with zero attached hydrogens (tertiary/aromatic N) is 1. The van der Waals surface area contributed by atoms with Crippen molar-refractivity contribution in [3.05, 3.63) is 64.1 Å². The molecule has 30 heavy (non-hydrogen) atoms. The van der Waals surface area contributed by atoms with Crippen molar-refractivity contribution in [2.75, 3.05) is 26.7 Å². The van der Waals surface area contributed by atoms with Crippen LogP contribution >= 0.6 is 0 Å². The lowest BCUT2D eigenvalue weighted by atomic mass is 9.89. The number of methoxy groups -OCH3 is 1. The van der Waals surface area contributed by atoms with Gasteiger partial charge in [0.2, 0.25) is 0 Å². The second kappa shape index (κ2) is 9.30. The van der Waals surface area contributed by atoms with Gasteiger partial charge in [-0.25, -0.2) is 4.79 Å². The summed E-state index contributed by atoms with van der Waals surface area (Å²) in [5.41, 5.74) is 3.34. The number of rotatable bonds is 8. The number of likely N-dealkylation sites (tertiary alicyclic amines) is 1. The zero-order valence-electron chi connectivity index (χ0n) is 17.4. The number of aromatic nitrogens is 1. The van der Waals surface area contributed by atoms with Crippen molar-refractivity contribution < 1.29 is 13.9 Å². The highest BCUT2D eigenvalue weighted by molar-refractivity contribution is 5.98. The number of aromatic amines is 1. The van der Waals surface area contributed by atoms with Crippen molar-refractivity contribution in [3.63, 3.8) is 0 Å². The standard InChI is InChI=1S/C24H28N2O4/c1-29-20-8-6-18(7-9-20)23(27)19-11-14-26(15-12-19)13-3-2-4-17-5-10-21-22(16-17)30-24(28)25-21/h5-10,16,19H,2-4,11-15H2,1H3,(H,25,28). The summed E-state index contributed by atoms with van der Waals surface area (Å²) in [5, 5.41) is 0. The van der Waals surface area contributed by atoms with Crippen molar-refractivity contribution >= 4 is 16.9 Å². The van der Waals surface area contributed by atoms with E-state index < -0.39 is 5.76 Å². The molecule has 1 aliphatic rings. The first-order valence-corrected chi connectivity index (χ1v) is 10.6. The van der Waals surface area contributed by atoms with E-state index in [1.165, 1.54) is 5.56 Å². The molecule has 4 rings (SSSR count). The minimum Gasteiger partial charge on any atom is -0.497 e. The van der Waals surface area contributed by atoms with Gasteiger partial charge in [-0.15, -0.1) is 0 Å². The molecule has 1 N–H and O–H groups in total. The van der Waals surface area contributed by atoms with Crippen LogP contribution in [-0.4, -0.2) is 42.4 Å². The minimum atomic E-state index is -0.406. The van der Waals surface area contributed by atoms with Crippen molar-refractivity contribution in [2.24, 2.45) is 5.92 Å². The zero-order valence-corrected chi connectivity index (χ0v) is 17.4. The van der Waals surface area contributed by atoms with Crippen LogP contribution in [-0.2, 0) is 6.42 Å². The number of benzene rings is 2. The van der Waals surface area contributed by atoms with Crippen LogP contribution in [0.5, 0.6) is 5.75 Å². The van der Waals surface area contributed by atoms with Crippen molar-refractivity contribution in [3.8, 4) is 5.75 Å². The molecule has 1 aliphatic heterocycles. The van der Waals surface area contributed by atoms with Crippen LogP contribution in [0.15, 0.2) is 51.7 Å². The number of ketones is 1. The Balaban J connectivity index is 1.19. The average Bonchev–Trinajstić information content (AvgIpc) is 3.16. The number of unbranched alkanes of at least 4 members (excludes halogenated alkanes) is 1. The van der Waals surface area contributed by atoms with E-state index in [1.807, 2.05) is 42.5 Å². The molecule has 0 bridgehead atoms. The number of nitrogens with one attached hydrogen (secondary N) is 1. The van der Waals surface area contributed by atoms with Crippen LogP contribution in [0.3, 0.4) is 0 Å². The third-order valence-corrected chi connectivity index (χ3v) is 6.01. The fourth-order valence-corrected chi connectivity index (χ4v) is 4.22. The maximum Gasteiger partial charge on any atom is 0.417 e. The summed E-state index contributed by atoms with van der Waals surface area (Å²) in [6.45, 7) is 3.02. The maximum absolute atomic E-state index is 12.7. The van der Waals surface area contributed by atoms with Crippen LogP contribution in [0.25, 0.3) is 11.1 Å². The van der Waals surface area contributed by atoms with E-state index in [2.05, 4.69) is 9.88 Å². The first-order valence-electron chi connectivity index (χ1n) is 10.6. The maximum atomic E-state index is 12.7. The Labute approximate surface area is 175 Å². The highest BCUT2D eigenvalue weighted by Gasteiger charge is 2.25. The normalized spacial score (nSPS) is 15.5. The first kappa shape index (κ1) is 20.4. The molecule has 6 heteroatoms. The molecule has 2 aromatic carbocycles. The zero-order chi connectivity index (χ0) is 20.9. The molecule has 1 fully saturated rings. The summed E-state index contributed by atoms with van der Waals surface area (Å²) < 4.78 is 10.3. The summed E-state index contributed by atoms with van der Waals surface area (Å²) in [4.78, 5) is 29.1. The lowest BCUT2D eigenvalue weighted by molar-refractivity contribution is 0.0839. The average molecular weight is 408 g/mol. The van der Waals surface area contributed by atoms with Gasteiger partial charge in [0.15, 0.2) is 11.4 Å². The Bertz CT molecular complexity index is 1040. The summed E-state index contributed by atoms with van der Waals surface area (Å²) in [7, 11) is 1.63. The van der Waals surface area contributed by atoms with E-state index in [0.29, 0.717) is 5.58 Å². The number of ether oxygens (including phenoxy) is 1. The molecular weight excluding hydrogens is 380 g/mol. The van der Waals surface area contributed by atoms with Crippen LogP contribution in [0, 0.1) is 5.92 Å². The topological polar surface area (TPSA) is 75.5 Å². The van der Waals surface area contributed by atoms with E-state index in [0.717, 1.165) is 68.6 Å². The number of carbonyl (C=O) groups excluding carboxylic acids is 1. The molecule has 0 aliphatic carbocycles. The largest absolute Gasteiger partial charge is 0.497 e. The predicted molar refractivity (Wildman–Crippen MR) is 116 cm³/mol. The Hall–Kier alpha value is -2.86. The molecule has 6 nitrogen and oxygen atoms in total. The molecular formula is C24H28N2O4. The van der Waals surface area contributed by atoms with Crippen LogP contribution < -0.4 is 10.5 Å². The molecule has 0 unspecified atom stereocenters. The van der Waals surface area contributed by atoms with Crippen LogP contribution in [0.1, 0.15) is 41.6 Å². The summed E-state index contributed by atoms with van der Waals surface area (Å²) >= 11 is 0. The van der Waals surface area contributed by atoms with Gasteiger partial charge in [0.1, 0.15) is 5.75 Å². The van der Waals surface area contributed by atoms with Gasteiger partial charge in [0.05, 0.1) is 12.6 Å². The lowest BCUT2D eigenvalue weighted by Gasteiger charge is -2.31.